The van der Waals surface area contributed by atoms with Gasteiger partial charge in [0.05, 0.1) is 24.6 Å². The first-order valence-corrected chi connectivity index (χ1v) is 9.32. The fourth-order valence-corrected chi connectivity index (χ4v) is 3.00. The number of aryl methyl sites for hydroxylation is 1. The molecule has 1 heterocycles. The lowest BCUT2D eigenvalue weighted by Gasteiger charge is -2.11. The Kier molecular flexibility index (Phi) is 6.50. The summed E-state index contributed by atoms with van der Waals surface area (Å²) in [5.41, 5.74) is 4.32. The van der Waals surface area contributed by atoms with Gasteiger partial charge in [-0.05, 0) is 60.9 Å². The molecule has 0 atom stereocenters. The van der Waals surface area contributed by atoms with Crippen molar-refractivity contribution >= 4 is 28.9 Å². The molecule has 0 saturated carbocycles. The molecule has 0 unspecified atom stereocenters. The van der Waals surface area contributed by atoms with Gasteiger partial charge in [0, 0.05) is 23.5 Å². The highest BCUT2D eigenvalue weighted by molar-refractivity contribution is 6.30. The van der Waals surface area contributed by atoms with Gasteiger partial charge in [0.1, 0.15) is 5.75 Å². The molecule has 5 nitrogen and oxygen atoms in total. The Morgan fingerprint density at radius 1 is 1.11 bits per heavy atom. The van der Waals surface area contributed by atoms with Crippen molar-refractivity contribution in [3.63, 3.8) is 0 Å². The van der Waals surface area contributed by atoms with E-state index in [2.05, 4.69) is 15.6 Å². The second-order valence-electron chi connectivity index (χ2n) is 6.40. The van der Waals surface area contributed by atoms with E-state index < -0.39 is 0 Å². The summed E-state index contributed by atoms with van der Waals surface area (Å²) in [7, 11) is 1.64. The minimum Gasteiger partial charge on any atom is -0.497 e. The molecule has 1 aromatic heterocycles. The summed E-state index contributed by atoms with van der Waals surface area (Å²) in [5, 5.41) is 6.89. The van der Waals surface area contributed by atoms with Crippen molar-refractivity contribution in [2.45, 2.75) is 13.3 Å². The largest absolute Gasteiger partial charge is 0.497 e. The van der Waals surface area contributed by atoms with Crippen molar-refractivity contribution in [2.75, 3.05) is 19.0 Å². The lowest BCUT2D eigenvalue weighted by molar-refractivity contribution is 0.0954. The molecular weight excluding hydrogens is 374 g/mol. The molecule has 0 saturated heterocycles. The Hall–Kier alpha value is -3.05. The van der Waals surface area contributed by atoms with Crippen LogP contribution < -0.4 is 15.4 Å². The number of hydrogen-bond acceptors (Lipinski definition) is 4. The molecule has 2 aromatic carbocycles. The molecular formula is C22H22ClN3O2. The summed E-state index contributed by atoms with van der Waals surface area (Å²) < 4.78 is 5.15. The number of nitrogens with zero attached hydrogens (tertiary/aromatic N) is 1. The first-order chi connectivity index (χ1) is 13.5. The number of amides is 1. The van der Waals surface area contributed by atoms with E-state index in [0.29, 0.717) is 17.1 Å². The average Bonchev–Trinajstić information content (AvgIpc) is 2.71. The smallest absolute Gasteiger partial charge is 0.252 e. The van der Waals surface area contributed by atoms with E-state index in [-0.39, 0.29) is 5.91 Å². The summed E-state index contributed by atoms with van der Waals surface area (Å²) in [5.74, 6) is 0.664. The minimum absolute atomic E-state index is 0.155. The highest BCUT2D eigenvalue weighted by Crippen LogP contribution is 2.23. The van der Waals surface area contributed by atoms with Crippen molar-refractivity contribution in [1.82, 2.24) is 10.3 Å². The first-order valence-electron chi connectivity index (χ1n) is 8.94. The van der Waals surface area contributed by atoms with Crippen LogP contribution in [0, 0.1) is 6.92 Å². The van der Waals surface area contributed by atoms with Gasteiger partial charge in [-0.15, -0.1) is 0 Å². The number of nitrogens with one attached hydrogen (secondary N) is 2. The quantitative estimate of drug-likeness (QED) is 0.605. The van der Waals surface area contributed by atoms with Gasteiger partial charge in [0.2, 0.25) is 0 Å². The Balaban J connectivity index is 1.58. The summed E-state index contributed by atoms with van der Waals surface area (Å²) in [6.07, 6.45) is 3.98. The molecule has 0 radical (unpaired) electrons. The molecule has 0 fully saturated rings. The number of pyridine rings is 1. The zero-order valence-electron chi connectivity index (χ0n) is 15.8. The number of rotatable bonds is 7. The van der Waals surface area contributed by atoms with E-state index in [1.807, 2.05) is 49.4 Å². The van der Waals surface area contributed by atoms with Crippen molar-refractivity contribution in [3.05, 3.63) is 82.6 Å². The fourth-order valence-electron chi connectivity index (χ4n) is 2.77. The Labute approximate surface area is 169 Å². The van der Waals surface area contributed by atoms with Crippen molar-refractivity contribution < 1.29 is 9.53 Å². The first kappa shape index (κ1) is 19.7. The molecule has 3 aromatic rings. The number of carbonyl (C=O) groups excluding carboxylic acids is 1. The van der Waals surface area contributed by atoms with Gasteiger partial charge >= 0.3 is 0 Å². The van der Waals surface area contributed by atoms with Crippen molar-refractivity contribution in [3.8, 4) is 5.75 Å². The molecule has 2 N–H and O–H groups in total. The van der Waals surface area contributed by atoms with Crippen molar-refractivity contribution in [1.29, 1.82) is 0 Å². The van der Waals surface area contributed by atoms with E-state index in [9.17, 15) is 4.79 Å². The maximum absolute atomic E-state index is 12.4. The minimum atomic E-state index is -0.155. The number of methoxy groups -OCH3 is 1. The van der Waals surface area contributed by atoms with Gasteiger partial charge in [0.25, 0.3) is 5.91 Å². The van der Waals surface area contributed by atoms with Crippen LogP contribution in [-0.2, 0) is 6.42 Å². The van der Waals surface area contributed by atoms with Crippen molar-refractivity contribution in [2.24, 2.45) is 0 Å². The Morgan fingerprint density at radius 3 is 2.61 bits per heavy atom. The number of benzene rings is 2. The standard InChI is InChI=1S/C22H22ClN3O2/c1-15-11-18(23)5-8-21(15)26-19-12-17(13-24-14-19)22(27)25-10-9-16-3-6-20(28-2)7-4-16/h3-8,11-14,26H,9-10H2,1-2H3,(H,25,27). The molecule has 0 bridgehead atoms. The highest BCUT2D eigenvalue weighted by atomic mass is 35.5. The van der Waals surface area contributed by atoms with E-state index in [1.165, 1.54) is 0 Å². The lowest BCUT2D eigenvalue weighted by Crippen LogP contribution is -2.25. The maximum Gasteiger partial charge on any atom is 0.252 e. The number of aromatic nitrogens is 1. The van der Waals surface area contributed by atoms with Crippen LogP contribution in [-0.4, -0.2) is 24.5 Å². The third kappa shape index (κ3) is 5.24. The topological polar surface area (TPSA) is 63.2 Å². The molecule has 0 aliphatic carbocycles. The zero-order valence-corrected chi connectivity index (χ0v) is 16.6. The molecule has 0 spiro atoms. The lowest BCUT2D eigenvalue weighted by atomic mass is 10.1. The SMILES string of the molecule is COc1ccc(CCNC(=O)c2cncc(Nc3ccc(Cl)cc3C)c2)cc1. The summed E-state index contributed by atoms with van der Waals surface area (Å²) >= 11 is 6.00. The predicted molar refractivity (Wildman–Crippen MR) is 113 cm³/mol. The zero-order chi connectivity index (χ0) is 19.9. The molecule has 144 valence electrons. The fraction of sp³-hybridized carbons (Fsp3) is 0.182. The van der Waals surface area contributed by atoms with Crippen LogP contribution in [0.25, 0.3) is 0 Å². The van der Waals surface area contributed by atoms with Crippen LogP contribution in [0.5, 0.6) is 5.75 Å². The monoisotopic (exact) mass is 395 g/mol. The number of anilines is 2. The van der Waals surface area contributed by atoms with Gasteiger partial charge in [-0.25, -0.2) is 0 Å². The molecule has 3 rings (SSSR count). The second kappa shape index (κ2) is 9.24. The third-order valence-electron chi connectivity index (χ3n) is 4.33. The number of hydrogen-bond donors (Lipinski definition) is 2. The number of halogens is 1. The van der Waals surface area contributed by atoms with Crippen LogP contribution in [0.4, 0.5) is 11.4 Å². The van der Waals surface area contributed by atoms with Crippen LogP contribution in [0.3, 0.4) is 0 Å². The average molecular weight is 396 g/mol. The van der Waals surface area contributed by atoms with Gasteiger partial charge in [-0.3, -0.25) is 9.78 Å². The summed E-state index contributed by atoms with van der Waals surface area (Å²) in [4.78, 5) is 16.6. The normalized spacial score (nSPS) is 10.4. The molecule has 0 aliphatic heterocycles. The highest BCUT2D eigenvalue weighted by Gasteiger charge is 2.08. The summed E-state index contributed by atoms with van der Waals surface area (Å²) in [6.45, 7) is 2.51. The van der Waals surface area contributed by atoms with Crippen LogP contribution >= 0.6 is 11.6 Å². The van der Waals surface area contributed by atoms with E-state index >= 15 is 0 Å². The molecule has 6 heteroatoms. The molecule has 28 heavy (non-hydrogen) atoms. The maximum atomic E-state index is 12.4. The van der Waals surface area contributed by atoms with E-state index in [1.54, 1.807) is 25.6 Å². The predicted octanol–water partition coefficient (Wildman–Crippen LogP) is 4.77. The number of carbonyl (C=O) groups is 1. The molecule has 0 aliphatic rings. The third-order valence-corrected chi connectivity index (χ3v) is 4.56. The van der Waals surface area contributed by atoms with Gasteiger partial charge in [0.15, 0.2) is 0 Å². The van der Waals surface area contributed by atoms with Crippen LogP contribution in [0.2, 0.25) is 5.02 Å². The van der Waals surface area contributed by atoms with Gasteiger partial charge in [-0.1, -0.05) is 23.7 Å². The van der Waals surface area contributed by atoms with Crippen LogP contribution in [0.15, 0.2) is 60.9 Å². The Morgan fingerprint density at radius 2 is 1.89 bits per heavy atom. The Bertz CT molecular complexity index is 958. The summed E-state index contributed by atoms with van der Waals surface area (Å²) in [6, 6.07) is 15.2. The number of ether oxygens (including phenoxy) is 1. The van der Waals surface area contributed by atoms with Crippen LogP contribution in [0.1, 0.15) is 21.5 Å². The van der Waals surface area contributed by atoms with Gasteiger partial charge in [-0.2, -0.15) is 0 Å². The van der Waals surface area contributed by atoms with E-state index in [0.717, 1.165) is 34.7 Å². The second-order valence-corrected chi connectivity index (χ2v) is 6.84. The van der Waals surface area contributed by atoms with Gasteiger partial charge < -0.3 is 15.4 Å². The van der Waals surface area contributed by atoms with E-state index in [4.69, 9.17) is 16.3 Å². The molecule has 1 amide bonds.